The lowest BCUT2D eigenvalue weighted by Gasteiger charge is -2.07. The molecule has 1 aliphatic heterocycles. The standard InChI is InChI=1S/C13H20N2O2S/c1-3-11-9(2)18-12(15-11)4-6-14-13(16)10-5-7-17-8-10/h10H,3-8H2,1-2H3,(H,14,16). The van der Waals surface area contributed by atoms with E-state index in [1.807, 2.05) is 0 Å². The second kappa shape index (κ2) is 6.29. The molecule has 2 rings (SSSR count). The summed E-state index contributed by atoms with van der Waals surface area (Å²) >= 11 is 1.74. The van der Waals surface area contributed by atoms with Crippen molar-refractivity contribution in [1.82, 2.24) is 10.3 Å². The number of nitrogens with zero attached hydrogens (tertiary/aromatic N) is 1. The molecule has 2 heterocycles. The summed E-state index contributed by atoms with van der Waals surface area (Å²) < 4.78 is 5.21. The number of aryl methyl sites for hydroxylation is 2. The Labute approximate surface area is 112 Å². The Morgan fingerprint density at radius 1 is 1.61 bits per heavy atom. The number of rotatable bonds is 5. The van der Waals surface area contributed by atoms with E-state index in [2.05, 4.69) is 24.1 Å². The van der Waals surface area contributed by atoms with Crippen LogP contribution in [0.25, 0.3) is 0 Å². The second-order valence-corrected chi connectivity index (χ2v) is 5.85. The van der Waals surface area contributed by atoms with Crippen LogP contribution in [0.3, 0.4) is 0 Å². The molecule has 0 radical (unpaired) electrons. The number of ether oxygens (including phenoxy) is 1. The quantitative estimate of drug-likeness (QED) is 0.884. The van der Waals surface area contributed by atoms with Crippen LogP contribution in [0.15, 0.2) is 0 Å². The summed E-state index contributed by atoms with van der Waals surface area (Å²) in [6.07, 6.45) is 2.65. The first-order valence-corrected chi connectivity index (χ1v) is 7.33. The molecule has 0 saturated carbocycles. The van der Waals surface area contributed by atoms with Crippen molar-refractivity contribution < 1.29 is 9.53 Å². The largest absolute Gasteiger partial charge is 0.381 e. The molecule has 4 nitrogen and oxygen atoms in total. The molecule has 0 aliphatic carbocycles. The van der Waals surface area contributed by atoms with Gasteiger partial charge in [0.2, 0.25) is 5.91 Å². The third-order valence-corrected chi connectivity index (χ3v) is 4.28. The van der Waals surface area contributed by atoms with E-state index in [9.17, 15) is 4.79 Å². The summed E-state index contributed by atoms with van der Waals surface area (Å²) in [5.74, 6) is 0.172. The Morgan fingerprint density at radius 3 is 3.06 bits per heavy atom. The van der Waals surface area contributed by atoms with Crippen LogP contribution in [-0.2, 0) is 22.4 Å². The zero-order valence-electron chi connectivity index (χ0n) is 11.0. The van der Waals surface area contributed by atoms with Crippen LogP contribution < -0.4 is 5.32 Å². The van der Waals surface area contributed by atoms with Gasteiger partial charge in [-0.05, 0) is 19.8 Å². The minimum Gasteiger partial charge on any atom is -0.381 e. The van der Waals surface area contributed by atoms with Crippen molar-refractivity contribution in [3.05, 3.63) is 15.6 Å². The molecule has 1 saturated heterocycles. The van der Waals surface area contributed by atoms with E-state index in [-0.39, 0.29) is 11.8 Å². The van der Waals surface area contributed by atoms with Crippen LogP contribution in [0.2, 0.25) is 0 Å². The Kier molecular flexibility index (Phi) is 4.72. The van der Waals surface area contributed by atoms with E-state index in [0.29, 0.717) is 19.8 Å². The SMILES string of the molecule is CCc1nc(CCNC(=O)C2CCOC2)sc1C. The van der Waals surface area contributed by atoms with Gasteiger partial charge in [0, 0.05) is 24.4 Å². The molecule has 1 fully saturated rings. The first kappa shape index (κ1) is 13.5. The van der Waals surface area contributed by atoms with Gasteiger partial charge in [-0.25, -0.2) is 4.98 Å². The monoisotopic (exact) mass is 268 g/mol. The van der Waals surface area contributed by atoms with Crippen LogP contribution >= 0.6 is 11.3 Å². The molecule has 0 aromatic carbocycles. The number of amides is 1. The van der Waals surface area contributed by atoms with Crippen LogP contribution in [0.1, 0.15) is 28.9 Å². The van der Waals surface area contributed by atoms with Crippen molar-refractivity contribution in [3.8, 4) is 0 Å². The van der Waals surface area contributed by atoms with Crippen LogP contribution in [-0.4, -0.2) is 30.6 Å². The Bertz CT molecular complexity index is 411. The molecule has 100 valence electrons. The molecule has 1 aromatic heterocycles. The average Bonchev–Trinajstić information content (AvgIpc) is 2.98. The molecule has 1 aliphatic rings. The highest BCUT2D eigenvalue weighted by molar-refractivity contribution is 7.11. The summed E-state index contributed by atoms with van der Waals surface area (Å²) in [5, 5.41) is 4.09. The van der Waals surface area contributed by atoms with Crippen molar-refractivity contribution in [2.45, 2.75) is 33.1 Å². The van der Waals surface area contributed by atoms with E-state index in [1.165, 1.54) is 10.6 Å². The number of carbonyl (C=O) groups excluding carboxylic acids is 1. The number of aromatic nitrogens is 1. The number of carbonyl (C=O) groups is 1. The molecule has 1 amide bonds. The summed E-state index contributed by atoms with van der Waals surface area (Å²) in [7, 11) is 0. The number of hydrogen-bond acceptors (Lipinski definition) is 4. The maximum atomic E-state index is 11.8. The van der Waals surface area contributed by atoms with E-state index in [0.717, 1.165) is 24.3 Å². The molecule has 1 aromatic rings. The van der Waals surface area contributed by atoms with Gasteiger partial charge in [-0.15, -0.1) is 11.3 Å². The smallest absolute Gasteiger partial charge is 0.225 e. The molecular weight excluding hydrogens is 248 g/mol. The lowest BCUT2D eigenvalue weighted by Crippen LogP contribution is -2.32. The molecule has 0 bridgehead atoms. The lowest BCUT2D eigenvalue weighted by atomic mass is 10.1. The van der Waals surface area contributed by atoms with Gasteiger partial charge in [-0.1, -0.05) is 6.92 Å². The van der Waals surface area contributed by atoms with Crippen molar-refractivity contribution in [1.29, 1.82) is 0 Å². The Morgan fingerprint density at radius 2 is 2.44 bits per heavy atom. The molecule has 1 unspecified atom stereocenters. The van der Waals surface area contributed by atoms with Crippen LogP contribution in [0, 0.1) is 12.8 Å². The van der Waals surface area contributed by atoms with Gasteiger partial charge in [0.1, 0.15) is 0 Å². The zero-order valence-corrected chi connectivity index (χ0v) is 11.8. The van der Waals surface area contributed by atoms with Gasteiger partial charge in [0.05, 0.1) is 23.2 Å². The predicted octanol–water partition coefficient (Wildman–Crippen LogP) is 1.71. The topological polar surface area (TPSA) is 51.2 Å². The van der Waals surface area contributed by atoms with Crippen molar-refractivity contribution in [2.24, 2.45) is 5.92 Å². The predicted molar refractivity (Wildman–Crippen MR) is 71.9 cm³/mol. The van der Waals surface area contributed by atoms with E-state index < -0.39 is 0 Å². The summed E-state index contributed by atoms with van der Waals surface area (Å²) in [4.78, 5) is 17.6. The fourth-order valence-electron chi connectivity index (χ4n) is 2.10. The van der Waals surface area contributed by atoms with Gasteiger partial charge in [0.25, 0.3) is 0 Å². The third kappa shape index (κ3) is 3.29. The maximum absolute atomic E-state index is 11.8. The molecule has 5 heteroatoms. The first-order chi connectivity index (χ1) is 8.70. The highest BCUT2D eigenvalue weighted by Gasteiger charge is 2.22. The van der Waals surface area contributed by atoms with Gasteiger partial charge < -0.3 is 10.1 Å². The first-order valence-electron chi connectivity index (χ1n) is 6.51. The molecule has 1 atom stereocenters. The van der Waals surface area contributed by atoms with Crippen molar-refractivity contribution in [3.63, 3.8) is 0 Å². The molecule has 1 N–H and O–H groups in total. The maximum Gasteiger partial charge on any atom is 0.225 e. The highest BCUT2D eigenvalue weighted by Crippen LogP contribution is 2.18. The van der Waals surface area contributed by atoms with Crippen molar-refractivity contribution >= 4 is 17.2 Å². The number of hydrogen-bond donors (Lipinski definition) is 1. The normalized spacial score (nSPS) is 19.1. The van der Waals surface area contributed by atoms with Gasteiger partial charge in [0.15, 0.2) is 0 Å². The minimum absolute atomic E-state index is 0.0502. The van der Waals surface area contributed by atoms with Crippen molar-refractivity contribution in [2.75, 3.05) is 19.8 Å². The zero-order chi connectivity index (χ0) is 13.0. The number of nitrogens with one attached hydrogen (secondary N) is 1. The fraction of sp³-hybridized carbons (Fsp3) is 0.692. The molecular formula is C13H20N2O2S. The van der Waals surface area contributed by atoms with E-state index in [1.54, 1.807) is 11.3 Å². The summed E-state index contributed by atoms with van der Waals surface area (Å²) in [5.41, 5.74) is 1.19. The summed E-state index contributed by atoms with van der Waals surface area (Å²) in [6.45, 7) is 6.18. The van der Waals surface area contributed by atoms with Crippen LogP contribution in [0.4, 0.5) is 0 Å². The average molecular weight is 268 g/mol. The van der Waals surface area contributed by atoms with Gasteiger partial charge in [-0.3, -0.25) is 4.79 Å². The third-order valence-electron chi connectivity index (χ3n) is 3.21. The van der Waals surface area contributed by atoms with Gasteiger partial charge >= 0.3 is 0 Å². The Hall–Kier alpha value is -0.940. The molecule has 0 spiro atoms. The summed E-state index contributed by atoms with van der Waals surface area (Å²) in [6, 6.07) is 0. The van der Waals surface area contributed by atoms with Crippen LogP contribution in [0.5, 0.6) is 0 Å². The minimum atomic E-state index is 0.0502. The fourth-order valence-corrected chi connectivity index (χ4v) is 3.12. The van der Waals surface area contributed by atoms with E-state index >= 15 is 0 Å². The van der Waals surface area contributed by atoms with Gasteiger partial charge in [-0.2, -0.15) is 0 Å². The Balaban J connectivity index is 1.75. The molecule has 18 heavy (non-hydrogen) atoms. The number of thiazole rings is 1. The second-order valence-electron chi connectivity index (χ2n) is 4.57. The highest BCUT2D eigenvalue weighted by atomic mass is 32.1. The lowest BCUT2D eigenvalue weighted by molar-refractivity contribution is -0.124. The van der Waals surface area contributed by atoms with E-state index in [4.69, 9.17) is 4.74 Å².